The van der Waals surface area contributed by atoms with Gasteiger partial charge in [0.2, 0.25) is 5.13 Å². The summed E-state index contributed by atoms with van der Waals surface area (Å²) in [6.45, 7) is 5.39. The molecule has 2 heterocycles. The predicted molar refractivity (Wildman–Crippen MR) is 88.2 cm³/mol. The van der Waals surface area contributed by atoms with Crippen LogP contribution in [0.5, 0.6) is 0 Å². The van der Waals surface area contributed by atoms with E-state index in [-0.39, 0.29) is 0 Å². The Morgan fingerprint density at radius 2 is 2.14 bits per heavy atom. The molecule has 2 aromatic heterocycles. The van der Waals surface area contributed by atoms with Gasteiger partial charge in [0.15, 0.2) is 0 Å². The van der Waals surface area contributed by atoms with Crippen LogP contribution in [0.2, 0.25) is 0 Å². The Hall–Kier alpha value is -1.72. The smallest absolute Gasteiger partial charge is 0.211 e. The van der Waals surface area contributed by atoms with Crippen LogP contribution in [0.3, 0.4) is 0 Å². The number of fused-ring (bicyclic) bond motifs is 1. The summed E-state index contributed by atoms with van der Waals surface area (Å²) in [6, 6.07) is 8.74. The molecule has 3 aromatic rings. The van der Waals surface area contributed by atoms with Gasteiger partial charge in [-0.2, -0.15) is 5.10 Å². The maximum atomic E-state index is 4.62. The van der Waals surface area contributed by atoms with Gasteiger partial charge >= 0.3 is 0 Å². The van der Waals surface area contributed by atoms with Gasteiger partial charge in [-0.05, 0) is 37.1 Å². The van der Waals surface area contributed by atoms with E-state index in [2.05, 4.69) is 41.5 Å². The highest BCUT2D eigenvalue weighted by atomic mass is 32.1. The highest BCUT2D eigenvalue weighted by Crippen LogP contribution is 2.24. The van der Waals surface area contributed by atoms with Crippen molar-refractivity contribution in [1.29, 1.82) is 0 Å². The maximum absolute atomic E-state index is 4.62. The molecule has 0 amide bonds. The monoisotopic (exact) mass is 300 g/mol. The van der Waals surface area contributed by atoms with Gasteiger partial charge in [-0.1, -0.05) is 37.3 Å². The summed E-state index contributed by atoms with van der Waals surface area (Å²) in [5.41, 5.74) is 2.30. The van der Waals surface area contributed by atoms with E-state index in [1.165, 1.54) is 10.3 Å². The Labute approximate surface area is 128 Å². The first-order chi connectivity index (χ1) is 10.2. The van der Waals surface area contributed by atoms with E-state index in [9.17, 15) is 0 Å². The standard InChI is InChI=1S/C16H20N4S/c1-12(2)17-9-5-6-13-10-18-20(11-13)16-19-14-7-3-4-8-15(14)21-16/h3-4,7-8,10-12,17H,5-6,9H2,1-2H3. The summed E-state index contributed by atoms with van der Waals surface area (Å²) in [4.78, 5) is 4.62. The van der Waals surface area contributed by atoms with Crippen molar-refractivity contribution in [3.63, 3.8) is 0 Å². The van der Waals surface area contributed by atoms with Crippen LogP contribution in [0, 0.1) is 0 Å². The molecular weight excluding hydrogens is 280 g/mol. The molecular formula is C16H20N4S. The minimum atomic E-state index is 0.551. The summed E-state index contributed by atoms with van der Waals surface area (Å²) in [5.74, 6) is 0. The van der Waals surface area contributed by atoms with Gasteiger partial charge in [-0.25, -0.2) is 9.67 Å². The topological polar surface area (TPSA) is 42.7 Å². The first-order valence-electron chi connectivity index (χ1n) is 7.35. The number of aryl methyl sites for hydroxylation is 1. The molecule has 0 radical (unpaired) electrons. The molecule has 0 saturated heterocycles. The lowest BCUT2D eigenvalue weighted by molar-refractivity contribution is 0.570. The molecule has 0 aliphatic rings. The van der Waals surface area contributed by atoms with E-state index in [4.69, 9.17) is 0 Å². The Balaban J connectivity index is 1.66. The van der Waals surface area contributed by atoms with Gasteiger partial charge in [-0.3, -0.25) is 0 Å². The SMILES string of the molecule is CC(C)NCCCc1cnn(-c2nc3ccccc3s2)c1. The second-order valence-electron chi connectivity index (χ2n) is 5.47. The molecule has 0 unspecified atom stereocenters. The largest absolute Gasteiger partial charge is 0.315 e. The van der Waals surface area contributed by atoms with Crippen molar-refractivity contribution in [2.45, 2.75) is 32.7 Å². The molecule has 0 aliphatic carbocycles. The van der Waals surface area contributed by atoms with Crippen LogP contribution < -0.4 is 5.32 Å². The Morgan fingerprint density at radius 1 is 1.29 bits per heavy atom. The predicted octanol–water partition coefficient (Wildman–Crippen LogP) is 3.41. The zero-order valence-corrected chi connectivity index (χ0v) is 13.2. The molecule has 0 saturated carbocycles. The normalized spacial score (nSPS) is 11.6. The number of hydrogen-bond acceptors (Lipinski definition) is 4. The summed E-state index contributed by atoms with van der Waals surface area (Å²) in [5, 5.41) is 8.81. The van der Waals surface area contributed by atoms with Gasteiger partial charge in [0, 0.05) is 12.2 Å². The Kier molecular flexibility index (Phi) is 4.31. The Morgan fingerprint density at radius 3 is 2.95 bits per heavy atom. The fraction of sp³-hybridized carbons (Fsp3) is 0.375. The van der Waals surface area contributed by atoms with E-state index in [1.807, 2.05) is 29.1 Å². The fourth-order valence-corrected chi connectivity index (χ4v) is 3.13. The lowest BCUT2D eigenvalue weighted by Gasteiger charge is -2.06. The number of hydrogen-bond donors (Lipinski definition) is 1. The van der Waals surface area contributed by atoms with Crippen molar-refractivity contribution in [1.82, 2.24) is 20.1 Å². The van der Waals surface area contributed by atoms with Crippen molar-refractivity contribution in [3.05, 3.63) is 42.2 Å². The molecule has 21 heavy (non-hydrogen) atoms. The molecule has 4 nitrogen and oxygen atoms in total. The first kappa shape index (κ1) is 14.2. The van der Waals surface area contributed by atoms with Crippen molar-refractivity contribution in [2.75, 3.05) is 6.54 Å². The van der Waals surface area contributed by atoms with Gasteiger partial charge in [0.1, 0.15) is 0 Å². The van der Waals surface area contributed by atoms with Gasteiger partial charge in [-0.15, -0.1) is 0 Å². The highest BCUT2D eigenvalue weighted by molar-refractivity contribution is 7.20. The maximum Gasteiger partial charge on any atom is 0.211 e. The molecule has 5 heteroatoms. The molecule has 110 valence electrons. The van der Waals surface area contributed by atoms with Crippen LogP contribution in [0.15, 0.2) is 36.7 Å². The van der Waals surface area contributed by atoms with Gasteiger partial charge < -0.3 is 5.32 Å². The summed E-state index contributed by atoms with van der Waals surface area (Å²) < 4.78 is 3.08. The van der Waals surface area contributed by atoms with Crippen LogP contribution in [-0.2, 0) is 6.42 Å². The van der Waals surface area contributed by atoms with Crippen molar-refractivity contribution in [3.8, 4) is 5.13 Å². The number of rotatable bonds is 6. The minimum Gasteiger partial charge on any atom is -0.315 e. The van der Waals surface area contributed by atoms with E-state index in [0.717, 1.165) is 30.0 Å². The van der Waals surface area contributed by atoms with E-state index in [0.29, 0.717) is 6.04 Å². The molecule has 0 fully saturated rings. The van der Waals surface area contributed by atoms with Crippen LogP contribution in [0.1, 0.15) is 25.8 Å². The zero-order chi connectivity index (χ0) is 14.7. The second kappa shape index (κ2) is 6.37. The molecule has 0 atom stereocenters. The summed E-state index contributed by atoms with van der Waals surface area (Å²) in [6.07, 6.45) is 6.21. The minimum absolute atomic E-state index is 0.551. The van der Waals surface area contributed by atoms with Crippen molar-refractivity contribution < 1.29 is 0 Å². The number of aromatic nitrogens is 3. The van der Waals surface area contributed by atoms with E-state index < -0.39 is 0 Å². The molecule has 0 spiro atoms. The quantitative estimate of drug-likeness (QED) is 0.709. The fourth-order valence-electron chi connectivity index (χ4n) is 2.24. The van der Waals surface area contributed by atoms with Gasteiger partial charge in [0.05, 0.1) is 16.4 Å². The Bertz CT molecular complexity index is 681. The lowest BCUT2D eigenvalue weighted by Crippen LogP contribution is -2.23. The van der Waals surface area contributed by atoms with E-state index >= 15 is 0 Å². The van der Waals surface area contributed by atoms with Gasteiger partial charge in [0.25, 0.3) is 0 Å². The number of benzene rings is 1. The molecule has 1 aromatic carbocycles. The van der Waals surface area contributed by atoms with Crippen molar-refractivity contribution in [2.24, 2.45) is 0 Å². The summed E-state index contributed by atoms with van der Waals surface area (Å²) >= 11 is 1.67. The molecule has 1 N–H and O–H groups in total. The second-order valence-corrected chi connectivity index (χ2v) is 6.48. The number of thiazole rings is 1. The first-order valence-corrected chi connectivity index (χ1v) is 8.17. The molecule has 0 aliphatic heterocycles. The third-order valence-corrected chi connectivity index (χ3v) is 4.34. The third kappa shape index (κ3) is 3.49. The van der Waals surface area contributed by atoms with Crippen LogP contribution in [-0.4, -0.2) is 27.4 Å². The molecule has 3 rings (SSSR count). The van der Waals surface area contributed by atoms with Crippen LogP contribution in [0.4, 0.5) is 0 Å². The van der Waals surface area contributed by atoms with Crippen LogP contribution in [0.25, 0.3) is 15.3 Å². The molecule has 0 bridgehead atoms. The average molecular weight is 300 g/mol. The lowest BCUT2D eigenvalue weighted by atomic mass is 10.2. The highest BCUT2D eigenvalue weighted by Gasteiger charge is 2.07. The average Bonchev–Trinajstić information content (AvgIpc) is 3.09. The van der Waals surface area contributed by atoms with Crippen LogP contribution >= 0.6 is 11.3 Å². The summed E-state index contributed by atoms with van der Waals surface area (Å²) in [7, 11) is 0. The van der Waals surface area contributed by atoms with Crippen molar-refractivity contribution >= 4 is 21.6 Å². The zero-order valence-electron chi connectivity index (χ0n) is 12.4. The number of nitrogens with zero attached hydrogens (tertiary/aromatic N) is 3. The number of para-hydroxylation sites is 1. The third-order valence-electron chi connectivity index (χ3n) is 3.31. The van der Waals surface area contributed by atoms with E-state index in [1.54, 1.807) is 11.3 Å². The number of nitrogens with one attached hydrogen (secondary N) is 1.